The summed E-state index contributed by atoms with van der Waals surface area (Å²) in [6, 6.07) is 0. The SMILES string of the molecule is C=C(CCN(CCC(=O)OC)NC(=O)CCN(CCCCCCCC/C=C\CCCCCCCC)CCCCCCCC(C)CCCCCCCC)OC.CC.CCC.CCC. The Labute approximate surface area is 390 Å². The number of hydrazine groups is 1. The number of hydrogen-bond donors (Lipinski definition) is 1. The van der Waals surface area contributed by atoms with Crippen LogP contribution in [0.15, 0.2) is 24.5 Å². The molecule has 1 unspecified atom stereocenters. The molecule has 0 fully saturated rings. The van der Waals surface area contributed by atoms with E-state index in [4.69, 9.17) is 9.47 Å². The molecule has 62 heavy (non-hydrogen) atoms. The van der Waals surface area contributed by atoms with Crippen molar-refractivity contribution >= 4 is 11.9 Å². The third-order valence-electron chi connectivity index (χ3n) is 10.9. The maximum atomic E-state index is 13.1. The van der Waals surface area contributed by atoms with Crippen LogP contribution in [-0.2, 0) is 19.1 Å². The fourth-order valence-corrected chi connectivity index (χ4v) is 7.10. The smallest absolute Gasteiger partial charge is 0.306 e. The van der Waals surface area contributed by atoms with Gasteiger partial charge in [0, 0.05) is 32.5 Å². The van der Waals surface area contributed by atoms with Crippen molar-refractivity contribution < 1.29 is 19.1 Å². The lowest BCUT2D eigenvalue weighted by molar-refractivity contribution is -0.141. The maximum Gasteiger partial charge on any atom is 0.306 e. The van der Waals surface area contributed by atoms with E-state index >= 15 is 0 Å². The van der Waals surface area contributed by atoms with E-state index in [9.17, 15) is 9.59 Å². The molecule has 0 saturated carbocycles. The van der Waals surface area contributed by atoms with E-state index in [1.807, 2.05) is 13.8 Å². The molecular formula is C55H113N3O4. The Bertz CT molecular complexity index is 889. The molecule has 0 aliphatic heterocycles. The van der Waals surface area contributed by atoms with Crippen LogP contribution >= 0.6 is 0 Å². The minimum absolute atomic E-state index is 0.0102. The van der Waals surface area contributed by atoms with E-state index in [1.54, 1.807) is 12.1 Å². The monoisotopic (exact) mass is 880 g/mol. The van der Waals surface area contributed by atoms with Gasteiger partial charge in [-0.1, -0.05) is 229 Å². The Balaban J connectivity index is -0.00000195. The summed E-state index contributed by atoms with van der Waals surface area (Å²) < 4.78 is 10.0. The van der Waals surface area contributed by atoms with Gasteiger partial charge < -0.3 is 14.4 Å². The standard InChI is InChI=1S/C47H91N3O4.2C3H8.C2H6/c1-7-9-11-13-15-16-17-18-19-20-21-22-23-24-28-32-39-49(40-33-29-25-27-31-35-44(3)34-30-26-14-12-10-8-2)41-37-46(51)48-50(42-36-45(4)53-5)43-38-47(52)54-6;2*1-3-2;1-2/h18-19,44H,4,7-17,20-43H2,1-3,5-6H3,(H,48,51);2*3H2,1-2H3;1-2H3/b19-18-;;;. The molecule has 1 atom stereocenters. The summed E-state index contributed by atoms with van der Waals surface area (Å²) in [7, 11) is 2.99. The molecule has 0 bridgehead atoms. The molecule has 0 radical (unpaired) electrons. The number of nitrogens with one attached hydrogen (secondary N) is 1. The normalized spacial score (nSPS) is 11.3. The molecule has 372 valence electrons. The number of carbonyl (C=O) groups is 2. The number of hydrogen-bond acceptors (Lipinski definition) is 6. The number of esters is 1. The lowest BCUT2D eigenvalue weighted by Gasteiger charge is -2.25. The van der Waals surface area contributed by atoms with Gasteiger partial charge in [-0.2, -0.15) is 0 Å². The lowest BCUT2D eigenvalue weighted by Crippen LogP contribution is -2.45. The van der Waals surface area contributed by atoms with Crippen molar-refractivity contribution in [1.29, 1.82) is 0 Å². The Morgan fingerprint density at radius 2 is 0.903 bits per heavy atom. The van der Waals surface area contributed by atoms with Crippen molar-refractivity contribution in [3.05, 3.63) is 24.5 Å². The molecule has 0 spiro atoms. The summed E-state index contributed by atoms with van der Waals surface area (Å²) in [6.07, 6.45) is 44.7. The average Bonchev–Trinajstić information content (AvgIpc) is 3.27. The summed E-state index contributed by atoms with van der Waals surface area (Å²) in [4.78, 5) is 27.4. The van der Waals surface area contributed by atoms with E-state index in [1.165, 1.54) is 193 Å². The molecule has 0 saturated heterocycles. The predicted molar refractivity (Wildman–Crippen MR) is 276 cm³/mol. The van der Waals surface area contributed by atoms with Crippen molar-refractivity contribution in [1.82, 2.24) is 15.3 Å². The lowest BCUT2D eigenvalue weighted by atomic mass is 9.96. The van der Waals surface area contributed by atoms with Crippen LogP contribution in [0.3, 0.4) is 0 Å². The van der Waals surface area contributed by atoms with Gasteiger partial charge in [0.05, 0.1) is 26.4 Å². The number of rotatable bonds is 42. The van der Waals surface area contributed by atoms with E-state index in [-0.39, 0.29) is 18.3 Å². The van der Waals surface area contributed by atoms with Crippen molar-refractivity contribution in [2.45, 2.75) is 268 Å². The van der Waals surface area contributed by atoms with Crippen LogP contribution < -0.4 is 5.43 Å². The highest BCUT2D eigenvalue weighted by atomic mass is 16.5. The number of carbonyl (C=O) groups excluding carboxylic acids is 2. The summed E-state index contributed by atoms with van der Waals surface area (Å²) in [5, 5.41) is 1.80. The van der Waals surface area contributed by atoms with Gasteiger partial charge in [-0.05, 0) is 57.5 Å². The van der Waals surface area contributed by atoms with Crippen LogP contribution in [0.4, 0.5) is 0 Å². The zero-order chi connectivity index (χ0) is 47.2. The molecule has 1 N–H and O–H groups in total. The third kappa shape index (κ3) is 58.1. The summed E-state index contributed by atoms with van der Waals surface area (Å²) in [6.45, 7) is 27.2. The molecule has 1 amide bonds. The fraction of sp³-hybridized carbons (Fsp3) is 0.891. The first kappa shape index (κ1) is 66.7. The van der Waals surface area contributed by atoms with Gasteiger partial charge in [0.15, 0.2) is 0 Å². The second kappa shape index (κ2) is 59.1. The molecule has 0 heterocycles. The molecule has 7 nitrogen and oxygen atoms in total. The van der Waals surface area contributed by atoms with Gasteiger partial charge >= 0.3 is 5.97 Å². The van der Waals surface area contributed by atoms with Crippen molar-refractivity contribution in [2.24, 2.45) is 5.92 Å². The molecule has 0 rings (SSSR count). The van der Waals surface area contributed by atoms with Crippen LogP contribution in [0.5, 0.6) is 0 Å². The molecule has 0 aromatic heterocycles. The minimum Gasteiger partial charge on any atom is -0.502 e. The maximum absolute atomic E-state index is 13.1. The second-order valence-corrected chi connectivity index (χ2v) is 17.5. The quantitative estimate of drug-likeness (QED) is 0.0217. The van der Waals surface area contributed by atoms with Crippen LogP contribution in [0, 0.1) is 5.92 Å². The zero-order valence-electron chi connectivity index (χ0n) is 44.1. The van der Waals surface area contributed by atoms with Crippen LogP contribution in [0.25, 0.3) is 0 Å². The molecule has 0 aliphatic carbocycles. The first-order chi connectivity index (χ1) is 30.2. The Morgan fingerprint density at radius 3 is 1.32 bits per heavy atom. The van der Waals surface area contributed by atoms with Gasteiger partial charge in [-0.3, -0.25) is 15.0 Å². The molecule has 0 aromatic rings. The van der Waals surface area contributed by atoms with Crippen molar-refractivity contribution in [3.63, 3.8) is 0 Å². The zero-order valence-corrected chi connectivity index (χ0v) is 44.1. The molecular weight excluding hydrogens is 767 g/mol. The molecule has 7 heteroatoms. The number of allylic oxidation sites excluding steroid dienone is 2. The Hall–Kier alpha value is -1.86. The number of nitrogens with zero attached hydrogens (tertiary/aromatic N) is 2. The minimum atomic E-state index is -0.288. The van der Waals surface area contributed by atoms with Crippen molar-refractivity contribution in [2.75, 3.05) is 46.9 Å². The van der Waals surface area contributed by atoms with Crippen molar-refractivity contribution in [3.8, 4) is 0 Å². The van der Waals surface area contributed by atoms with E-state index in [0.717, 1.165) is 25.6 Å². The van der Waals surface area contributed by atoms with E-state index < -0.39 is 0 Å². The molecule has 0 aliphatic rings. The first-order valence-corrected chi connectivity index (χ1v) is 26.9. The molecule has 0 aromatic carbocycles. The highest BCUT2D eigenvalue weighted by Crippen LogP contribution is 2.19. The number of amides is 1. The van der Waals surface area contributed by atoms with Crippen LogP contribution in [0.2, 0.25) is 0 Å². The van der Waals surface area contributed by atoms with Gasteiger partial charge in [0.25, 0.3) is 0 Å². The van der Waals surface area contributed by atoms with E-state index in [2.05, 4.69) is 77.5 Å². The Kier molecular flexibility index (Phi) is 63.7. The Morgan fingerprint density at radius 1 is 0.516 bits per heavy atom. The number of unbranched alkanes of at least 4 members (excludes halogenated alkanes) is 21. The summed E-state index contributed by atoms with van der Waals surface area (Å²) in [5.41, 5.74) is 3.04. The second-order valence-electron chi connectivity index (χ2n) is 17.5. The third-order valence-corrected chi connectivity index (χ3v) is 10.9. The van der Waals surface area contributed by atoms with Gasteiger partial charge in [0.1, 0.15) is 0 Å². The average molecular weight is 881 g/mol. The topological polar surface area (TPSA) is 71.1 Å². The van der Waals surface area contributed by atoms with Gasteiger partial charge in [-0.25, -0.2) is 5.01 Å². The summed E-state index contributed by atoms with van der Waals surface area (Å²) >= 11 is 0. The highest BCUT2D eigenvalue weighted by Gasteiger charge is 2.14. The predicted octanol–water partition coefficient (Wildman–Crippen LogP) is 16.7. The fourth-order valence-electron chi connectivity index (χ4n) is 7.10. The largest absolute Gasteiger partial charge is 0.502 e. The summed E-state index contributed by atoms with van der Waals surface area (Å²) in [5.74, 6) is 1.22. The number of methoxy groups -OCH3 is 2. The number of ether oxygens (including phenoxy) is 2. The first-order valence-electron chi connectivity index (χ1n) is 26.9. The highest BCUT2D eigenvalue weighted by molar-refractivity contribution is 5.75. The van der Waals surface area contributed by atoms with E-state index in [0.29, 0.717) is 31.7 Å². The van der Waals surface area contributed by atoms with Crippen LogP contribution in [-0.4, -0.2) is 68.7 Å². The van der Waals surface area contributed by atoms with Gasteiger partial charge in [0.2, 0.25) is 5.91 Å². The van der Waals surface area contributed by atoms with Crippen LogP contribution in [0.1, 0.15) is 268 Å². The van der Waals surface area contributed by atoms with Gasteiger partial charge in [-0.15, -0.1) is 0 Å².